The number of hydrogen-bond donors (Lipinski definition) is 1. The van der Waals surface area contributed by atoms with E-state index in [1.165, 1.54) is 10.5 Å². The second-order valence-electron chi connectivity index (χ2n) is 5.44. The molecule has 0 radical (unpaired) electrons. The minimum absolute atomic E-state index is 0.510. The molecular weight excluding hydrogens is 333 g/mol. The van der Waals surface area contributed by atoms with E-state index in [0.29, 0.717) is 23.3 Å². The zero-order valence-corrected chi connectivity index (χ0v) is 14.1. The molecule has 1 heterocycles. The summed E-state index contributed by atoms with van der Waals surface area (Å²) in [4.78, 5) is 1.25. The molecule has 1 atom stereocenters. The molecule has 0 spiro atoms. The Morgan fingerprint density at radius 2 is 1.48 bits per heavy atom. The van der Waals surface area contributed by atoms with Crippen molar-refractivity contribution < 1.29 is 9.32 Å². The summed E-state index contributed by atoms with van der Waals surface area (Å²) in [6, 6.07) is 15.2. The standard InChI is InChI=1S/C17H15Cl2N3O/c1-22(10-12-2-6-14(18)7-3-12)11-16-20-21-17(23-16)13-4-8-15(19)9-5-13/h2-9H,10-11H2,1H3/p+1. The van der Waals surface area contributed by atoms with Gasteiger partial charge in [-0.15, -0.1) is 10.2 Å². The summed E-state index contributed by atoms with van der Waals surface area (Å²) in [7, 11) is 2.08. The van der Waals surface area contributed by atoms with Gasteiger partial charge in [-0.3, -0.25) is 0 Å². The minimum atomic E-state index is 0.510. The molecule has 6 heteroatoms. The number of halogens is 2. The van der Waals surface area contributed by atoms with Crippen LogP contribution in [0.2, 0.25) is 10.0 Å². The van der Waals surface area contributed by atoms with Crippen molar-refractivity contribution in [2.45, 2.75) is 13.1 Å². The van der Waals surface area contributed by atoms with Gasteiger partial charge in [0.15, 0.2) is 6.54 Å². The van der Waals surface area contributed by atoms with Crippen LogP contribution in [0.1, 0.15) is 11.5 Å². The van der Waals surface area contributed by atoms with Gasteiger partial charge in [0.25, 0.3) is 5.89 Å². The first-order valence-corrected chi connectivity index (χ1v) is 8.00. The first-order chi connectivity index (χ1) is 11.1. The van der Waals surface area contributed by atoms with E-state index < -0.39 is 0 Å². The topological polar surface area (TPSA) is 43.4 Å². The van der Waals surface area contributed by atoms with E-state index in [0.717, 1.165) is 17.1 Å². The summed E-state index contributed by atoms with van der Waals surface area (Å²) >= 11 is 11.8. The predicted molar refractivity (Wildman–Crippen MR) is 90.5 cm³/mol. The zero-order valence-electron chi connectivity index (χ0n) is 12.6. The number of benzene rings is 2. The maximum absolute atomic E-state index is 5.90. The van der Waals surface area contributed by atoms with Crippen LogP contribution < -0.4 is 4.90 Å². The molecule has 1 aromatic heterocycles. The Hall–Kier alpha value is -1.88. The highest BCUT2D eigenvalue weighted by molar-refractivity contribution is 6.30. The Kier molecular flexibility index (Phi) is 4.96. The van der Waals surface area contributed by atoms with E-state index in [1.54, 1.807) is 12.1 Å². The quantitative estimate of drug-likeness (QED) is 0.769. The summed E-state index contributed by atoms with van der Waals surface area (Å²) in [5, 5.41) is 9.64. The maximum atomic E-state index is 5.90. The zero-order chi connectivity index (χ0) is 16.2. The molecule has 0 aliphatic rings. The molecule has 1 N–H and O–H groups in total. The summed E-state index contributed by atoms with van der Waals surface area (Å²) < 4.78 is 5.73. The molecule has 0 aliphatic carbocycles. The highest BCUT2D eigenvalue weighted by Crippen LogP contribution is 2.19. The number of hydrogen-bond acceptors (Lipinski definition) is 3. The lowest BCUT2D eigenvalue weighted by atomic mass is 10.2. The highest BCUT2D eigenvalue weighted by atomic mass is 35.5. The minimum Gasteiger partial charge on any atom is -0.415 e. The fraction of sp³-hybridized carbons (Fsp3) is 0.176. The molecule has 3 aromatic rings. The first kappa shape index (κ1) is 16.0. The third kappa shape index (κ3) is 4.32. The SMILES string of the molecule is C[NH+](Cc1ccc(Cl)cc1)Cc1nnc(-c2ccc(Cl)cc2)o1. The number of rotatable bonds is 5. The molecule has 0 bridgehead atoms. The van der Waals surface area contributed by atoms with Gasteiger partial charge in [0, 0.05) is 21.2 Å². The van der Waals surface area contributed by atoms with Crippen LogP contribution in [-0.2, 0) is 13.1 Å². The fourth-order valence-corrected chi connectivity index (χ4v) is 2.56. The average molecular weight is 349 g/mol. The molecule has 0 aliphatic heterocycles. The van der Waals surface area contributed by atoms with Crippen LogP contribution in [0.15, 0.2) is 52.9 Å². The lowest BCUT2D eigenvalue weighted by Crippen LogP contribution is -3.06. The molecule has 0 fully saturated rings. The third-order valence-electron chi connectivity index (χ3n) is 3.43. The smallest absolute Gasteiger partial charge is 0.271 e. The number of aromatic nitrogens is 2. The van der Waals surface area contributed by atoms with Crippen LogP contribution in [-0.4, -0.2) is 17.2 Å². The predicted octanol–water partition coefficient (Wildman–Crippen LogP) is 3.26. The molecule has 23 heavy (non-hydrogen) atoms. The Morgan fingerprint density at radius 1 is 0.870 bits per heavy atom. The van der Waals surface area contributed by atoms with Crippen LogP contribution in [0.5, 0.6) is 0 Å². The Morgan fingerprint density at radius 3 is 2.13 bits per heavy atom. The van der Waals surface area contributed by atoms with E-state index >= 15 is 0 Å². The molecule has 3 rings (SSSR count). The fourth-order valence-electron chi connectivity index (χ4n) is 2.31. The molecule has 118 valence electrons. The Bertz CT molecular complexity index is 769. The van der Waals surface area contributed by atoms with Gasteiger partial charge in [-0.1, -0.05) is 35.3 Å². The van der Waals surface area contributed by atoms with Crippen molar-refractivity contribution in [2.24, 2.45) is 0 Å². The number of quaternary nitrogens is 1. The van der Waals surface area contributed by atoms with E-state index in [-0.39, 0.29) is 0 Å². The van der Waals surface area contributed by atoms with Gasteiger partial charge in [0.1, 0.15) is 6.54 Å². The highest BCUT2D eigenvalue weighted by Gasteiger charge is 2.13. The van der Waals surface area contributed by atoms with Crippen LogP contribution >= 0.6 is 23.2 Å². The van der Waals surface area contributed by atoms with Gasteiger partial charge in [-0.25, -0.2) is 0 Å². The van der Waals surface area contributed by atoms with Crippen molar-refractivity contribution >= 4 is 23.2 Å². The Balaban J connectivity index is 1.64. The van der Waals surface area contributed by atoms with E-state index in [2.05, 4.69) is 17.2 Å². The second kappa shape index (κ2) is 7.13. The molecule has 4 nitrogen and oxygen atoms in total. The number of nitrogens with one attached hydrogen (secondary N) is 1. The average Bonchev–Trinajstić information content (AvgIpc) is 2.98. The summed E-state index contributed by atoms with van der Waals surface area (Å²) in [6.45, 7) is 1.51. The summed E-state index contributed by atoms with van der Waals surface area (Å²) in [6.07, 6.45) is 0. The lowest BCUT2D eigenvalue weighted by molar-refractivity contribution is -0.909. The van der Waals surface area contributed by atoms with Gasteiger partial charge in [-0.05, 0) is 36.4 Å². The van der Waals surface area contributed by atoms with Gasteiger partial charge in [0.05, 0.1) is 7.05 Å². The van der Waals surface area contributed by atoms with Crippen molar-refractivity contribution in [1.82, 2.24) is 10.2 Å². The molecule has 0 saturated heterocycles. The van der Waals surface area contributed by atoms with Crippen LogP contribution in [0, 0.1) is 0 Å². The first-order valence-electron chi connectivity index (χ1n) is 7.24. The van der Waals surface area contributed by atoms with Crippen molar-refractivity contribution in [3.05, 3.63) is 70.0 Å². The molecular formula is C17H16Cl2N3O+. The summed E-state index contributed by atoms with van der Waals surface area (Å²) in [5.74, 6) is 1.12. The Labute approximate surface area is 144 Å². The van der Waals surface area contributed by atoms with E-state index in [9.17, 15) is 0 Å². The van der Waals surface area contributed by atoms with Crippen molar-refractivity contribution in [1.29, 1.82) is 0 Å². The van der Waals surface area contributed by atoms with Gasteiger partial charge >= 0.3 is 0 Å². The van der Waals surface area contributed by atoms with E-state index in [4.69, 9.17) is 27.6 Å². The van der Waals surface area contributed by atoms with Gasteiger partial charge in [0.2, 0.25) is 5.89 Å². The van der Waals surface area contributed by atoms with Crippen LogP contribution in [0.4, 0.5) is 0 Å². The van der Waals surface area contributed by atoms with E-state index in [1.807, 2.05) is 36.4 Å². The lowest BCUT2D eigenvalue weighted by Gasteiger charge is -2.11. The molecule has 1 unspecified atom stereocenters. The van der Waals surface area contributed by atoms with Crippen molar-refractivity contribution in [2.75, 3.05) is 7.05 Å². The maximum Gasteiger partial charge on any atom is 0.271 e. The second-order valence-corrected chi connectivity index (χ2v) is 6.32. The normalized spacial score (nSPS) is 12.3. The molecule has 0 amide bonds. The van der Waals surface area contributed by atoms with Gasteiger partial charge in [-0.2, -0.15) is 0 Å². The van der Waals surface area contributed by atoms with Crippen LogP contribution in [0.3, 0.4) is 0 Å². The molecule has 2 aromatic carbocycles. The van der Waals surface area contributed by atoms with Crippen molar-refractivity contribution in [3.8, 4) is 11.5 Å². The van der Waals surface area contributed by atoms with Crippen molar-refractivity contribution in [3.63, 3.8) is 0 Å². The largest absolute Gasteiger partial charge is 0.415 e. The van der Waals surface area contributed by atoms with Crippen LogP contribution in [0.25, 0.3) is 11.5 Å². The number of nitrogens with zero attached hydrogens (tertiary/aromatic N) is 2. The molecule has 0 saturated carbocycles. The third-order valence-corrected chi connectivity index (χ3v) is 3.93. The van der Waals surface area contributed by atoms with Gasteiger partial charge < -0.3 is 9.32 Å². The monoisotopic (exact) mass is 348 g/mol. The summed E-state index contributed by atoms with van der Waals surface area (Å²) in [5.41, 5.74) is 2.08.